The van der Waals surface area contributed by atoms with Gasteiger partial charge in [0, 0.05) is 29.3 Å². The van der Waals surface area contributed by atoms with Gasteiger partial charge in [-0.05, 0) is 19.1 Å². The molecule has 0 bridgehead atoms. The first kappa shape index (κ1) is 14.2. The molecular weight excluding hydrogens is 274 g/mol. The minimum absolute atomic E-state index is 0.0359. The molecule has 20 heavy (non-hydrogen) atoms. The van der Waals surface area contributed by atoms with Crippen molar-refractivity contribution in [1.82, 2.24) is 9.97 Å². The van der Waals surface area contributed by atoms with Gasteiger partial charge >= 0.3 is 0 Å². The van der Waals surface area contributed by atoms with Gasteiger partial charge in [0.2, 0.25) is 0 Å². The first-order valence-electron chi connectivity index (χ1n) is 5.98. The van der Waals surface area contributed by atoms with Gasteiger partial charge in [-0.2, -0.15) is 0 Å². The van der Waals surface area contributed by atoms with E-state index in [2.05, 4.69) is 27.1 Å². The molecule has 102 valence electrons. The van der Waals surface area contributed by atoms with Gasteiger partial charge in [-0.15, -0.1) is 11.3 Å². The second-order valence-corrected chi connectivity index (χ2v) is 5.17. The summed E-state index contributed by atoms with van der Waals surface area (Å²) >= 11 is 1.41. The molecule has 0 atom stereocenters. The summed E-state index contributed by atoms with van der Waals surface area (Å²) in [7, 11) is 0. The molecule has 2 N–H and O–H groups in total. The lowest BCUT2D eigenvalue weighted by Crippen LogP contribution is -2.13. The van der Waals surface area contributed by atoms with Crippen molar-refractivity contribution in [2.75, 3.05) is 11.9 Å². The Morgan fingerprint density at radius 3 is 2.85 bits per heavy atom. The molecule has 2 aromatic heterocycles. The maximum atomic E-state index is 11.9. The van der Waals surface area contributed by atoms with Crippen LogP contribution in [-0.2, 0) is 0 Å². The highest BCUT2D eigenvalue weighted by atomic mass is 32.1. The quantitative estimate of drug-likeness (QED) is 0.845. The van der Waals surface area contributed by atoms with Crippen LogP contribution in [-0.4, -0.2) is 27.6 Å². The molecule has 0 radical (unpaired) electrons. The molecule has 6 heteroatoms. The highest BCUT2D eigenvalue weighted by Gasteiger charge is 2.09. The summed E-state index contributed by atoms with van der Waals surface area (Å²) in [5, 5.41) is 11.9. The molecule has 2 rings (SSSR count). The number of aromatic nitrogens is 2. The Kier molecular flexibility index (Phi) is 4.82. The Bertz CT molecular complexity index is 653. The first-order valence-corrected chi connectivity index (χ1v) is 6.80. The monoisotopic (exact) mass is 287 g/mol. The Hall–Kier alpha value is -2.23. The summed E-state index contributed by atoms with van der Waals surface area (Å²) in [6.07, 6.45) is 3.66. The maximum absolute atomic E-state index is 11.9. The van der Waals surface area contributed by atoms with Crippen molar-refractivity contribution in [1.29, 1.82) is 0 Å². The molecule has 0 aromatic carbocycles. The average molecular weight is 287 g/mol. The van der Waals surface area contributed by atoms with Gasteiger partial charge in [0.25, 0.3) is 5.91 Å². The normalized spacial score (nSPS) is 9.70. The number of pyridine rings is 1. The van der Waals surface area contributed by atoms with Crippen LogP contribution < -0.4 is 5.32 Å². The fraction of sp³-hybridized carbons (Fsp3) is 0.214. The molecule has 2 aromatic rings. The molecule has 1 amide bonds. The van der Waals surface area contributed by atoms with E-state index in [9.17, 15) is 4.79 Å². The van der Waals surface area contributed by atoms with E-state index in [1.807, 2.05) is 6.92 Å². The fourth-order valence-electron chi connectivity index (χ4n) is 1.40. The van der Waals surface area contributed by atoms with Gasteiger partial charge in [-0.3, -0.25) is 10.1 Å². The smallest absolute Gasteiger partial charge is 0.276 e. The van der Waals surface area contributed by atoms with Crippen molar-refractivity contribution in [3.8, 4) is 11.8 Å². The van der Waals surface area contributed by atoms with E-state index < -0.39 is 0 Å². The fourth-order valence-corrected chi connectivity index (χ4v) is 2.06. The van der Waals surface area contributed by atoms with Crippen molar-refractivity contribution < 1.29 is 9.90 Å². The zero-order chi connectivity index (χ0) is 14.4. The summed E-state index contributed by atoms with van der Waals surface area (Å²) in [5.74, 6) is 5.35. The average Bonchev–Trinajstić information content (AvgIpc) is 2.85. The highest BCUT2D eigenvalue weighted by molar-refractivity contribution is 7.15. The van der Waals surface area contributed by atoms with E-state index in [0.717, 1.165) is 4.88 Å². The summed E-state index contributed by atoms with van der Waals surface area (Å²) < 4.78 is 0. The number of carbonyl (C=O) groups excluding carboxylic acids is 1. The van der Waals surface area contributed by atoms with Crippen LogP contribution in [0.25, 0.3) is 0 Å². The van der Waals surface area contributed by atoms with Crippen molar-refractivity contribution in [2.24, 2.45) is 0 Å². The number of hydrogen-bond donors (Lipinski definition) is 2. The minimum atomic E-state index is -0.297. The predicted molar refractivity (Wildman–Crippen MR) is 77.6 cm³/mol. The molecule has 0 saturated heterocycles. The van der Waals surface area contributed by atoms with Crippen LogP contribution in [0.3, 0.4) is 0 Å². The molecule has 5 nitrogen and oxygen atoms in total. The molecule has 0 aliphatic heterocycles. The maximum Gasteiger partial charge on any atom is 0.276 e. The molecule has 0 fully saturated rings. The number of carbonyl (C=O) groups is 1. The van der Waals surface area contributed by atoms with Crippen LogP contribution in [0.1, 0.15) is 27.3 Å². The van der Waals surface area contributed by atoms with E-state index >= 15 is 0 Å². The van der Waals surface area contributed by atoms with E-state index in [1.54, 1.807) is 18.3 Å². The second kappa shape index (κ2) is 6.80. The van der Waals surface area contributed by atoms with Crippen LogP contribution in [0.15, 0.2) is 24.5 Å². The Morgan fingerprint density at radius 2 is 2.25 bits per heavy atom. The van der Waals surface area contributed by atoms with Crippen LogP contribution in [0.2, 0.25) is 0 Å². The third kappa shape index (κ3) is 3.88. The number of aliphatic hydroxyl groups excluding tert-OH is 1. The van der Waals surface area contributed by atoms with Gasteiger partial charge in [0.15, 0.2) is 5.13 Å². The molecule has 0 aliphatic carbocycles. The van der Waals surface area contributed by atoms with Crippen molar-refractivity contribution in [2.45, 2.75) is 13.3 Å². The van der Waals surface area contributed by atoms with Gasteiger partial charge in [0.1, 0.15) is 5.69 Å². The number of amides is 1. The van der Waals surface area contributed by atoms with Gasteiger partial charge in [-0.25, -0.2) is 9.97 Å². The lowest BCUT2D eigenvalue weighted by atomic mass is 10.2. The summed E-state index contributed by atoms with van der Waals surface area (Å²) in [6.45, 7) is 1.96. The lowest BCUT2D eigenvalue weighted by molar-refractivity contribution is 0.102. The number of nitrogens with zero attached hydrogens (tertiary/aromatic N) is 2. The third-order valence-corrected chi connectivity index (χ3v) is 3.14. The summed E-state index contributed by atoms with van der Waals surface area (Å²) in [4.78, 5) is 21.1. The number of nitrogens with one attached hydrogen (secondary N) is 1. The minimum Gasteiger partial charge on any atom is -0.395 e. The number of aryl methyl sites for hydroxylation is 1. The van der Waals surface area contributed by atoms with Crippen LogP contribution in [0.4, 0.5) is 5.13 Å². The SMILES string of the molecule is Cc1cnc(NC(=O)c2ccc(C#CCCO)cn2)s1. The summed E-state index contributed by atoms with van der Waals surface area (Å²) in [6, 6.07) is 3.33. The van der Waals surface area contributed by atoms with Gasteiger partial charge in [0.05, 0.1) is 6.61 Å². The second-order valence-electron chi connectivity index (χ2n) is 3.94. The zero-order valence-electron chi connectivity index (χ0n) is 10.9. The Morgan fingerprint density at radius 1 is 1.40 bits per heavy atom. The molecular formula is C14H13N3O2S. The zero-order valence-corrected chi connectivity index (χ0v) is 11.7. The van der Waals surface area contributed by atoms with E-state index in [1.165, 1.54) is 17.5 Å². The van der Waals surface area contributed by atoms with Crippen molar-refractivity contribution in [3.63, 3.8) is 0 Å². The highest BCUT2D eigenvalue weighted by Crippen LogP contribution is 2.17. The molecule has 0 saturated carbocycles. The van der Waals surface area contributed by atoms with Gasteiger partial charge in [-0.1, -0.05) is 11.8 Å². The van der Waals surface area contributed by atoms with Crippen molar-refractivity contribution >= 4 is 22.4 Å². The number of anilines is 1. The van der Waals surface area contributed by atoms with Crippen LogP contribution in [0, 0.1) is 18.8 Å². The van der Waals surface area contributed by atoms with Gasteiger partial charge < -0.3 is 5.11 Å². The number of thiazole rings is 1. The predicted octanol–water partition coefficient (Wildman–Crippen LogP) is 1.83. The van der Waals surface area contributed by atoms with Crippen molar-refractivity contribution in [3.05, 3.63) is 40.7 Å². The number of rotatable bonds is 3. The molecule has 2 heterocycles. The topological polar surface area (TPSA) is 75.1 Å². The summed E-state index contributed by atoms with van der Waals surface area (Å²) in [5.41, 5.74) is 1.02. The Balaban J connectivity index is 2.02. The molecule has 0 aliphatic rings. The lowest BCUT2D eigenvalue weighted by Gasteiger charge is -2.00. The standard InChI is InChI=1S/C14H13N3O2S/c1-10-8-16-14(20-10)17-13(19)12-6-5-11(9-15-12)4-2-3-7-18/h5-6,8-9,18H,3,7H2,1H3,(H,16,17,19). The molecule has 0 unspecified atom stereocenters. The van der Waals surface area contributed by atoms with Crippen LogP contribution >= 0.6 is 11.3 Å². The number of aliphatic hydroxyl groups is 1. The van der Waals surface area contributed by atoms with E-state index in [-0.39, 0.29) is 12.5 Å². The number of hydrogen-bond acceptors (Lipinski definition) is 5. The third-order valence-electron chi connectivity index (χ3n) is 2.31. The van der Waals surface area contributed by atoms with Crippen LogP contribution in [0.5, 0.6) is 0 Å². The van der Waals surface area contributed by atoms with E-state index in [4.69, 9.17) is 5.11 Å². The largest absolute Gasteiger partial charge is 0.395 e. The van der Waals surface area contributed by atoms with E-state index in [0.29, 0.717) is 22.8 Å². The Labute approximate surface area is 120 Å². The molecule has 0 spiro atoms. The first-order chi connectivity index (χ1) is 9.69.